The van der Waals surface area contributed by atoms with Gasteiger partial charge in [0.25, 0.3) is 0 Å². The van der Waals surface area contributed by atoms with Gasteiger partial charge in [-0.15, -0.1) is 11.3 Å². The van der Waals surface area contributed by atoms with Gasteiger partial charge in [-0.3, -0.25) is 0 Å². The molecule has 17 heavy (non-hydrogen) atoms. The third-order valence-electron chi connectivity index (χ3n) is 3.12. The first-order valence-corrected chi connectivity index (χ1v) is 8.07. The van der Waals surface area contributed by atoms with Gasteiger partial charge in [0.2, 0.25) is 10.0 Å². The Hall–Kier alpha value is -0.430. The maximum atomic E-state index is 11.9. The number of aliphatic hydroxyl groups excluding tert-OH is 1. The van der Waals surface area contributed by atoms with Crippen LogP contribution in [-0.4, -0.2) is 20.1 Å². The van der Waals surface area contributed by atoms with E-state index in [4.69, 9.17) is 5.11 Å². The number of nitrogens with one attached hydrogen (secondary N) is 1. The van der Waals surface area contributed by atoms with E-state index in [9.17, 15) is 8.42 Å². The van der Waals surface area contributed by atoms with Crippen molar-refractivity contribution in [2.24, 2.45) is 11.8 Å². The largest absolute Gasteiger partial charge is 0.391 e. The standard InChI is InChI=1S/C11H17NO3S2/c1-8(9-2-3-9)5-12-17(14,15)11-4-10(6-13)16-7-11/h4,7-9,12-13H,2-3,5-6H2,1H3. The van der Waals surface area contributed by atoms with E-state index in [-0.39, 0.29) is 11.5 Å². The number of rotatable bonds is 6. The van der Waals surface area contributed by atoms with Crippen LogP contribution in [0.1, 0.15) is 24.6 Å². The van der Waals surface area contributed by atoms with Crippen LogP contribution < -0.4 is 4.72 Å². The van der Waals surface area contributed by atoms with Gasteiger partial charge in [0, 0.05) is 16.8 Å². The number of sulfonamides is 1. The molecular weight excluding hydrogens is 258 g/mol. The van der Waals surface area contributed by atoms with Crippen LogP contribution in [0.25, 0.3) is 0 Å². The third-order valence-corrected chi connectivity index (χ3v) is 5.59. The summed E-state index contributed by atoms with van der Waals surface area (Å²) >= 11 is 1.26. The van der Waals surface area contributed by atoms with Crippen molar-refractivity contribution in [3.05, 3.63) is 16.3 Å². The minimum absolute atomic E-state index is 0.112. The van der Waals surface area contributed by atoms with Gasteiger partial charge < -0.3 is 5.11 Å². The minimum atomic E-state index is -3.40. The van der Waals surface area contributed by atoms with Crippen LogP contribution in [0.4, 0.5) is 0 Å². The molecule has 96 valence electrons. The summed E-state index contributed by atoms with van der Waals surface area (Å²) in [6, 6.07) is 1.52. The predicted molar refractivity (Wildman–Crippen MR) is 67.3 cm³/mol. The highest BCUT2D eigenvalue weighted by Crippen LogP contribution is 2.36. The van der Waals surface area contributed by atoms with E-state index in [2.05, 4.69) is 11.6 Å². The molecule has 2 rings (SSSR count). The lowest BCUT2D eigenvalue weighted by Crippen LogP contribution is -2.28. The van der Waals surface area contributed by atoms with Crippen LogP contribution >= 0.6 is 11.3 Å². The Morgan fingerprint density at radius 2 is 2.29 bits per heavy atom. The van der Waals surface area contributed by atoms with E-state index >= 15 is 0 Å². The second-order valence-electron chi connectivity index (χ2n) is 4.57. The fourth-order valence-electron chi connectivity index (χ4n) is 1.74. The van der Waals surface area contributed by atoms with E-state index < -0.39 is 10.0 Å². The van der Waals surface area contributed by atoms with Crippen molar-refractivity contribution in [3.63, 3.8) is 0 Å². The van der Waals surface area contributed by atoms with Gasteiger partial charge in [-0.2, -0.15) is 0 Å². The van der Waals surface area contributed by atoms with E-state index in [1.54, 1.807) is 5.38 Å². The van der Waals surface area contributed by atoms with E-state index in [1.165, 1.54) is 30.2 Å². The van der Waals surface area contributed by atoms with Crippen LogP contribution in [0.2, 0.25) is 0 Å². The molecular formula is C11H17NO3S2. The number of aliphatic hydroxyl groups is 1. The highest BCUT2D eigenvalue weighted by atomic mass is 32.2. The van der Waals surface area contributed by atoms with Crippen molar-refractivity contribution < 1.29 is 13.5 Å². The van der Waals surface area contributed by atoms with E-state index in [0.29, 0.717) is 23.3 Å². The monoisotopic (exact) mass is 275 g/mol. The number of thiophene rings is 1. The summed E-state index contributed by atoms with van der Waals surface area (Å²) in [5.41, 5.74) is 0. The van der Waals surface area contributed by atoms with Crippen LogP contribution in [0.15, 0.2) is 16.3 Å². The molecule has 1 heterocycles. The van der Waals surface area contributed by atoms with Gasteiger partial charge in [0.15, 0.2) is 0 Å². The lowest BCUT2D eigenvalue weighted by atomic mass is 10.1. The van der Waals surface area contributed by atoms with Crippen LogP contribution in [0.3, 0.4) is 0 Å². The molecule has 6 heteroatoms. The quantitative estimate of drug-likeness (QED) is 0.828. The summed E-state index contributed by atoms with van der Waals surface area (Å²) in [6.45, 7) is 2.46. The molecule has 1 aromatic heterocycles. The number of hydrogen-bond acceptors (Lipinski definition) is 4. The maximum absolute atomic E-state index is 11.9. The second kappa shape index (κ2) is 5.06. The molecule has 0 bridgehead atoms. The van der Waals surface area contributed by atoms with Gasteiger partial charge in [-0.05, 0) is 30.7 Å². The molecule has 1 aliphatic carbocycles. The molecule has 0 saturated heterocycles. The lowest BCUT2D eigenvalue weighted by molar-refractivity contribution is 0.285. The van der Waals surface area contributed by atoms with Crippen molar-refractivity contribution in [3.8, 4) is 0 Å². The average molecular weight is 275 g/mol. The van der Waals surface area contributed by atoms with Crippen LogP contribution in [0, 0.1) is 11.8 Å². The summed E-state index contributed by atoms with van der Waals surface area (Å²) in [5, 5.41) is 10.5. The van der Waals surface area contributed by atoms with Gasteiger partial charge >= 0.3 is 0 Å². The summed E-state index contributed by atoms with van der Waals surface area (Å²) < 4.78 is 26.5. The average Bonchev–Trinajstić information content (AvgIpc) is 3.03. The Morgan fingerprint density at radius 1 is 1.59 bits per heavy atom. The first-order valence-electron chi connectivity index (χ1n) is 5.71. The minimum Gasteiger partial charge on any atom is -0.391 e. The zero-order valence-electron chi connectivity index (χ0n) is 9.72. The fourth-order valence-corrected chi connectivity index (χ4v) is 4.02. The zero-order chi connectivity index (χ0) is 12.5. The van der Waals surface area contributed by atoms with E-state index in [1.807, 2.05) is 0 Å². The van der Waals surface area contributed by atoms with Gasteiger partial charge in [0.1, 0.15) is 0 Å². The Bertz CT molecular complexity index is 477. The third kappa shape index (κ3) is 3.28. The summed E-state index contributed by atoms with van der Waals surface area (Å²) in [7, 11) is -3.40. The molecule has 1 saturated carbocycles. The highest BCUT2D eigenvalue weighted by Gasteiger charge is 2.28. The van der Waals surface area contributed by atoms with Gasteiger partial charge in [-0.25, -0.2) is 13.1 Å². The second-order valence-corrected chi connectivity index (χ2v) is 7.34. The molecule has 0 amide bonds. The molecule has 1 aromatic rings. The molecule has 1 fully saturated rings. The summed E-state index contributed by atoms with van der Waals surface area (Å²) in [6.07, 6.45) is 2.44. The highest BCUT2D eigenvalue weighted by molar-refractivity contribution is 7.89. The van der Waals surface area contributed by atoms with Crippen molar-refractivity contribution in [1.82, 2.24) is 4.72 Å². The Morgan fingerprint density at radius 3 is 2.82 bits per heavy atom. The normalized spacial score (nSPS) is 18.2. The Labute approximate surface area is 106 Å². The lowest BCUT2D eigenvalue weighted by Gasteiger charge is -2.10. The zero-order valence-corrected chi connectivity index (χ0v) is 11.4. The van der Waals surface area contributed by atoms with Crippen LogP contribution in [-0.2, 0) is 16.6 Å². The van der Waals surface area contributed by atoms with Gasteiger partial charge in [0.05, 0.1) is 11.5 Å². The van der Waals surface area contributed by atoms with E-state index in [0.717, 1.165) is 0 Å². The van der Waals surface area contributed by atoms with Crippen molar-refractivity contribution in [2.45, 2.75) is 31.3 Å². The van der Waals surface area contributed by atoms with Crippen molar-refractivity contribution >= 4 is 21.4 Å². The Kier molecular flexibility index (Phi) is 3.87. The van der Waals surface area contributed by atoms with Gasteiger partial charge in [-0.1, -0.05) is 6.92 Å². The first-order chi connectivity index (χ1) is 8.03. The smallest absolute Gasteiger partial charge is 0.241 e. The van der Waals surface area contributed by atoms with Crippen molar-refractivity contribution in [2.75, 3.05) is 6.54 Å². The molecule has 4 nitrogen and oxygen atoms in total. The molecule has 0 aromatic carbocycles. The fraction of sp³-hybridized carbons (Fsp3) is 0.636. The number of hydrogen-bond donors (Lipinski definition) is 2. The summed E-state index contributed by atoms with van der Waals surface area (Å²) in [4.78, 5) is 0.926. The summed E-state index contributed by atoms with van der Waals surface area (Å²) in [5.74, 6) is 1.09. The topological polar surface area (TPSA) is 66.4 Å². The molecule has 1 atom stereocenters. The first kappa shape index (κ1) is 13.0. The predicted octanol–water partition coefficient (Wildman–Crippen LogP) is 1.56. The molecule has 0 spiro atoms. The molecule has 0 aliphatic heterocycles. The maximum Gasteiger partial charge on any atom is 0.241 e. The van der Waals surface area contributed by atoms with Crippen molar-refractivity contribution in [1.29, 1.82) is 0 Å². The Balaban J connectivity index is 1.97. The SMILES string of the molecule is CC(CNS(=O)(=O)c1csc(CO)c1)C1CC1. The molecule has 0 radical (unpaired) electrons. The molecule has 1 aliphatic rings. The molecule has 2 N–H and O–H groups in total. The molecule has 1 unspecified atom stereocenters. The van der Waals surface area contributed by atoms with Crippen LogP contribution in [0.5, 0.6) is 0 Å².